The largest absolute Gasteiger partial charge is 0.274 e. The van der Waals surface area contributed by atoms with Gasteiger partial charge in [0.2, 0.25) is 11.8 Å². The van der Waals surface area contributed by atoms with Crippen LogP contribution in [0.15, 0.2) is 36.2 Å². The van der Waals surface area contributed by atoms with Gasteiger partial charge in [0.1, 0.15) is 0 Å². The maximum Gasteiger partial charge on any atom is 0.238 e. The topological polar surface area (TPSA) is 50.3 Å². The summed E-state index contributed by atoms with van der Waals surface area (Å²) < 4.78 is 0. The fraction of sp³-hybridized carbons (Fsp3) is 0.400. The van der Waals surface area contributed by atoms with Crippen molar-refractivity contribution < 1.29 is 9.59 Å². The third kappa shape index (κ3) is 1.79. The molecule has 0 aromatic carbocycles. The summed E-state index contributed by atoms with van der Waals surface area (Å²) in [6.07, 6.45) is 6.00. The molecule has 0 saturated carbocycles. The van der Waals surface area contributed by atoms with Crippen LogP contribution in [-0.2, 0) is 9.59 Å². The van der Waals surface area contributed by atoms with Crippen molar-refractivity contribution in [2.24, 2.45) is 17.8 Å². The van der Waals surface area contributed by atoms with Gasteiger partial charge >= 0.3 is 0 Å². The van der Waals surface area contributed by atoms with E-state index < -0.39 is 0 Å². The summed E-state index contributed by atoms with van der Waals surface area (Å²) in [7, 11) is 0. The average Bonchev–Trinajstić information content (AvgIpc) is 2.62. The van der Waals surface area contributed by atoms with Gasteiger partial charge in [0.25, 0.3) is 0 Å². The zero-order valence-electron chi connectivity index (χ0n) is 11.0. The Balaban J connectivity index is 2.00. The molecule has 0 bridgehead atoms. The lowest BCUT2D eigenvalue weighted by Gasteiger charge is -2.25. The molecule has 3 atom stereocenters. The van der Waals surface area contributed by atoms with Crippen LogP contribution in [0, 0.1) is 17.8 Å². The molecular formula is C15H16N2O2. The van der Waals surface area contributed by atoms with E-state index in [1.54, 1.807) is 24.5 Å². The van der Waals surface area contributed by atoms with E-state index >= 15 is 0 Å². The van der Waals surface area contributed by atoms with Crippen molar-refractivity contribution in [3.63, 3.8) is 0 Å². The number of nitrogens with zero attached hydrogens (tertiary/aromatic N) is 2. The molecule has 1 aliphatic carbocycles. The SMILES string of the molecule is CC1=CC(C)C2C(=O)N(c3cccnc3)C(=O)C2C1. The average molecular weight is 256 g/mol. The summed E-state index contributed by atoms with van der Waals surface area (Å²) in [5, 5.41) is 0. The lowest BCUT2D eigenvalue weighted by atomic mass is 9.76. The van der Waals surface area contributed by atoms with E-state index in [0.717, 1.165) is 0 Å². The Morgan fingerprint density at radius 2 is 2.11 bits per heavy atom. The normalized spacial score (nSPS) is 30.3. The maximum atomic E-state index is 12.5. The minimum Gasteiger partial charge on any atom is -0.274 e. The molecule has 0 N–H and O–H groups in total. The van der Waals surface area contributed by atoms with Crippen molar-refractivity contribution in [2.45, 2.75) is 20.3 Å². The molecule has 1 aliphatic heterocycles. The molecule has 1 aromatic rings. The Hall–Kier alpha value is -1.97. The van der Waals surface area contributed by atoms with Gasteiger partial charge in [-0.3, -0.25) is 14.6 Å². The van der Waals surface area contributed by atoms with Crippen molar-refractivity contribution in [1.29, 1.82) is 0 Å². The van der Waals surface area contributed by atoms with E-state index in [-0.39, 0.29) is 29.6 Å². The fourth-order valence-corrected chi connectivity index (χ4v) is 3.26. The summed E-state index contributed by atoms with van der Waals surface area (Å²) >= 11 is 0. The molecule has 0 radical (unpaired) electrons. The summed E-state index contributed by atoms with van der Waals surface area (Å²) in [5.41, 5.74) is 1.78. The third-order valence-electron chi connectivity index (χ3n) is 4.04. The zero-order chi connectivity index (χ0) is 13.6. The molecule has 19 heavy (non-hydrogen) atoms. The van der Waals surface area contributed by atoms with Crippen LogP contribution in [0.4, 0.5) is 5.69 Å². The monoisotopic (exact) mass is 256 g/mol. The molecule has 4 nitrogen and oxygen atoms in total. The number of rotatable bonds is 1. The van der Waals surface area contributed by atoms with E-state index in [9.17, 15) is 9.59 Å². The molecule has 4 heteroatoms. The van der Waals surface area contributed by atoms with Crippen molar-refractivity contribution in [1.82, 2.24) is 4.98 Å². The van der Waals surface area contributed by atoms with Crippen LogP contribution in [0.3, 0.4) is 0 Å². The van der Waals surface area contributed by atoms with Crippen LogP contribution in [0.1, 0.15) is 20.3 Å². The summed E-state index contributed by atoms with van der Waals surface area (Å²) in [6.45, 7) is 4.04. The van der Waals surface area contributed by atoms with Crippen LogP contribution in [0.5, 0.6) is 0 Å². The number of fused-ring (bicyclic) bond motifs is 1. The Morgan fingerprint density at radius 1 is 1.32 bits per heavy atom. The van der Waals surface area contributed by atoms with Crippen molar-refractivity contribution >= 4 is 17.5 Å². The highest BCUT2D eigenvalue weighted by Crippen LogP contribution is 2.42. The van der Waals surface area contributed by atoms with E-state index in [1.807, 2.05) is 13.8 Å². The first kappa shape index (κ1) is 12.1. The molecular weight excluding hydrogens is 240 g/mol. The number of hydrogen-bond donors (Lipinski definition) is 0. The molecule has 1 saturated heterocycles. The first-order chi connectivity index (χ1) is 9.09. The molecule has 0 spiro atoms. The van der Waals surface area contributed by atoms with Crippen LogP contribution < -0.4 is 4.90 Å². The van der Waals surface area contributed by atoms with E-state index in [1.165, 1.54) is 10.5 Å². The maximum absolute atomic E-state index is 12.5. The second-order valence-corrected chi connectivity index (χ2v) is 5.43. The van der Waals surface area contributed by atoms with Crippen molar-refractivity contribution in [3.05, 3.63) is 36.2 Å². The summed E-state index contributed by atoms with van der Waals surface area (Å²) in [4.78, 5) is 30.3. The van der Waals surface area contributed by atoms with E-state index in [4.69, 9.17) is 0 Å². The standard InChI is InChI=1S/C15H16N2O2/c1-9-6-10(2)13-12(7-9)14(18)17(15(13)19)11-4-3-5-16-8-11/h3-6,8,10,12-13H,7H2,1-2H3. The molecule has 3 rings (SSSR count). The lowest BCUT2D eigenvalue weighted by Crippen LogP contribution is -2.31. The number of carbonyl (C=O) groups is 2. The predicted molar refractivity (Wildman–Crippen MR) is 71.2 cm³/mol. The summed E-state index contributed by atoms with van der Waals surface area (Å²) in [6, 6.07) is 3.50. The van der Waals surface area contributed by atoms with Gasteiger partial charge in [0.05, 0.1) is 23.7 Å². The Labute approximate surface area is 112 Å². The van der Waals surface area contributed by atoms with Crippen LogP contribution in [0.2, 0.25) is 0 Å². The highest BCUT2D eigenvalue weighted by Gasteiger charge is 2.51. The lowest BCUT2D eigenvalue weighted by molar-refractivity contribution is -0.122. The van der Waals surface area contributed by atoms with Gasteiger partial charge in [-0.2, -0.15) is 0 Å². The van der Waals surface area contributed by atoms with Crippen LogP contribution >= 0.6 is 0 Å². The predicted octanol–water partition coefficient (Wildman–Crippen LogP) is 2.17. The van der Waals surface area contributed by atoms with Gasteiger partial charge in [0, 0.05) is 6.20 Å². The summed E-state index contributed by atoms with van der Waals surface area (Å²) in [5.74, 6) is -0.456. The Morgan fingerprint density at radius 3 is 2.79 bits per heavy atom. The number of amides is 2. The molecule has 2 amide bonds. The molecule has 1 aromatic heterocycles. The Kier molecular flexibility index (Phi) is 2.73. The second kappa shape index (κ2) is 4.30. The fourth-order valence-electron chi connectivity index (χ4n) is 3.26. The number of aromatic nitrogens is 1. The van der Waals surface area contributed by atoms with Gasteiger partial charge in [-0.25, -0.2) is 4.90 Å². The highest BCUT2D eigenvalue weighted by molar-refractivity contribution is 6.22. The number of hydrogen-bond acceptors (Lipinski definition) is 3. The molecule has 1 fully saturated rings. The van der Waals surface area contributed by atoms with Gasteiger partial charge in [-0.05, 0) is 31.4 Å². The highest BCUT2D eigenvalue weighted by atomic mass is 16.2. The third-order valence-corrected chi connectivity index (χ3v) is 4.04. The number of carbonyl (C=O) groups excluding carboxylic acids is 2. The van der Waals surface area contributed by atoms with Crippen molar-refractivity contribution in [3.8, 4) is 0 Å². The molecule has 2 heterocycles. The van der Waals surface area contributed by atoms with Gasteiger partial charge in [0.15, 0.2) is 0 Å². The van der Waals surface area contributed by atoms with Gasteiger partial charge in [-0.1, -0.05) is 18.6 Å². The Bertz CT molecular complexity index is 565. The zero-order valence-corrected chi connectivity index (χ0v) is 11.0. The van der Waals surface area contributed by atoms with E-state index in [0.29, 0.717) is 12.1 Å². The first-order valence-electron chi connectivity index (χ1n) is 6.54. The smallest absolute Gasteiger partial charge is 0.238 e. The minimum absolute atomic E-state index is 0.0812. The van der Waals surface area contributed by atoms with Gasteiger partial charge < -0.3 is 0 Å². The number of imide groups is 1. The van der Waals surface area contributed by atoms with Crippen molar-refractivity contribution in [2.75, 3.05) is 4.90 Å². The molecule has 2 aliphatic rings. The second-order valence-electron chi connectivity index (χ2n) is 5.43. The minimum atomic E-state index is -0.212. The number of allylic oxidation sites excluding steroid dienone is 2. The van der Waals surface area contributed by atoms with Gasteiger partial charge in [-0.15, -0.1) is 0 Å². The quantitative estimate of drug-likeness (QED) is 0.571. The van der Waals surface area contributed by atoms with E-state index in [2.05, 4.69) is 11.1 Å². The van der Waals surface area contributed by atoms with Crippen LogP contribution in [-0.4, -0.2) is 16.8 Å². The molecule has 3 unspecified atom stereocenters. The molecule has 98 valence electrons. The number of pyridine rings is 1. The number of anilines is 1. The first-order valence-corrected chi connectivity index (χ1v) is 6.54. The van der Waals surface area contributed by atoms with Crippen LogP contribution in [0.25, 0.3) is 0 Å².